The third-order valence-corrected chi connectivity index (χ3v) is 2.32. The van der Waals surface area contributed by atoms with E-state index in [1.807, 2.05) is 20.9 Å². The zero-order chi connectivity index (χ0) is 12.1. The van der Waals surface area contributed by atoms with Gasteiger partial charge in [0, 0.05) is 20.0 Å². The van der Waals surface area contributed by atoms with Gasteiger partial charge in [0.15, 0.2) is 5.82 Å². The summed E-state index contributed by atoms with van der Waals surface area (Å²) in [5.41, 5.74) is 5.70. The maximum atomic E-state index is 11.5. The fraction of sp³-hybridized carbons (Fsp3) is 0.700. The van der Waals surface area contributed by atoms with E-state index in [1.165, 1.54) is 0 Å². The lowest BCUT2D eigenvalue weighted by molar-refractivity contribution is -0.123. The summed E-state index contributed by atoms with van der Waals surface area (Å²) >= 11 is 0. The minimum atomic E-state index is -0.448. The fourth-order valence-corrected chi connectivity index (χ4v) is 1.22. The Balaban J connectivity index is 2.28. The van der Waals surface area contributed by atoms with Crippen molar-refractivity contribution in [2.24, 2.45) is 18.7 Å². The van der Waals surface area contributed by atoms with Gasteiger partial charge in [0.1, 0.15) is 6.33 Å². The van der Waals surface area contributed by atoms with Crippen LogP contribution in [0.4, 0.5) is 0 Å². The van der Waals surface area contributed by atoms with Crippen LogP contribution in [0.15, 0.2) is 6.33 Å². The van der Waals surface area contributed by atoms with Crippen molar-refractivity contribution in [3.8, 4) is 0 Å². The van der Waals surface area contributed by atoms with Crippen LogP contribution in [0.3, 0.4) is 0 Å². The second-order valence-corrected chi connectivity index (χ2v) is 4.15. The molecule has 6 heteroatoms. The summed E-state index contributed by atoms with van der Waals surface area (Å²) in [6.07, 6.45) is 2.26. The summed E-state index contributed by atoms with van der Waals surface area (Å²) in [7, 11) is 1.81. The molecule has 0 saturated heterocycles. The average molecular weight is 225 g/mol. The predicted molar refractivity (Wildman–Crippen MR) is 60.5 cm³/mol. The summed E-state index contributed by atoms with van der Waals surface area (Å²) in [5.74, 6) is 0.750. The number of hydrogen-bond donors (Lipinski definition) is 2. The number of nitrogens with two attached hydrogens (primary N) is 1. The van der Waals surface area contributed by atoms with Gasteiger partial charge in [-0.1, -0.05) is 13.8 Å². The molecule has 1 atom stereocenters. The Morgan fingerprint density at radius 3 is 2.81 bits per heavy atom. The second-order valence-electron chi connectivity index (χ2n) is 4.15. The quantitative estimate of drug-likeness (QED) is 0.704. The Morgan fingerprint density at radius 2 is 2.31 bits per heavy atom. The van der Waals surface area contributed by atoms with Crippen molar-refractivity contribution >= 4 is 5.91 Å². The lowest BCUT2D eigenvalue weighted by Crippen LogP contribution is -2.44. The van der Waals surface area contributed by atoms with Crippen LogP contribution in [0, 0.1) is 5.92 Å². The number of amides is 1. The van der Waals surface area contributed by atoms with Crippen molar-refractivity contribution in [2.45, 2.75) is 26.3 Å². The Kier molecular flexibility index (Phi) is 4.42. The van der Waals surface area contributed by atoms with E-state index >= 15 is 0 Å². The zero-order valence-corrected chi connectivity index (χ0v) is 9.97. The maximum absolute atomic E-state index is 11.5. The van der Waals surface area contributed by atoms with E-state index in [2.05, 4.69) is 15.4 Å². The molecule has 1 aromatic rings. The highest BCUT2D eigenvalue weighted by Gasteiger charge is 2.16. The maximum Gasteiger partial charge on any atom is 0.237 e. The molecule has 1 aromatic heterocycles. The van der Waals surface area contributed by atoms with Crippen molar-refractivity contribution in [2.75, 3.05) is 6.54 Å². The minimum Gasteiger partial charge on any atom is -0.354 e. The van der Waals surface area contributed by atoms with E-state index in [-0.39, 0.29) is 11.8 Å². The molecule has 16 heavy (non-hydrogen) atoms. The number of carbonyl (C=O) groups is 1. The number of hydrogen-bond acceptors (Lipinski definition) is 4. The Morgan fingerprint density at radius 1 is 1.62 bits per heavy atom. The molecule has 0 aliphatic rings. The first-order chi connectivity index (χ1) is 7.50. The van der Waals surface area contributed by atoms with Crippen molar-refractivity contribution in [3.63, 3.8) is 0 Å². The van der Waals surface area contributed by atoms with Crippen LogP contribution in [-0.4, -0.2) is 33.3 Å². The van der Waals surface area contributed by atoms with Gasteiger partial charge >= 0.3 is 0 Å². The van der Waals surface area contributed by atoms with Crippen LogP contribution in [0.2, 0.25) is 0 Å². The highest BCUT2D eigenvalue weighted by atomic mass is 16.2. The molecule has 90 valence electrons. The molecule has 3 N–H and O–H groups in total. The molecule has 0 aromatic carbocycles. The van der Waals surface area contributed by atoms with Crippen LogP contribution in [0.5, 0.6) is 0 Å². The van der Waals surface area contributed by atoms with E-state index in [9.17, 15) is 4.79 Å². The van der Waals surface area contributed by atoms with Crippen molar-refractivity contribution < 1.29 is 4.79 Å². The largest absolute Gasteiger partial charge is 0.354 e. The van der Waals surface area contributed by atoms with Crippen LogP contribution in [-0.2, 0) is 18.3 Å². The first kappa shape index (κ1) is 12.6. The van der Waals surface area contributed by atoms with Crippen molar-refractivity contribution in [3.05, 3.63) is 12.2 Å². The third-order valence-electron chi connectivity index (χ3n) is 2.32. The number of carbonyl (C=O) groups excluding carboxylic acids is 1. The van der Waals surface area contributed by atoms with E-state index in [0.29, 0.717) is 13.0 Å². The molecular weight excluding hydrogens is 206 g/mol. The third kappa shape index (κ3) is 3.62. The van der Waals surface area contributed by atoms with Gasteiger partial charge in [0.05, 0.1) is 6.04 Å². The zero-order valence-electron chi connectivity index (χ0n) is 9.97. The van der Waals surface area contributed by atoms with Gasteiger partial charge in [-0.05, 0) is 5.92 Å². The first-order valence-corrected chi connectivity index (χ1v) is 5.38. The average Bonchev–Trinajstić information content (AvgIpc) is 2.62. The number of nitrogens with one attached hydrogen (secondary N) is 1. The van der Waals surface area contributed by atoms with Gasteiger partial charge in [-0.3, -0.25) is 9.48 Å². The van der Waals surface area contributed by atoms with Gasteiger partial charge in [-0.15, -0.1) is 0 Å². The molecule has 1 heterocycles. The molecule has 0 radical (unpaired) electrons. The molecule has 0 spiro atoms. The van der Waals surface area contributed by atoms with E-state index in [4.69, 9.17) is 5.73 Å². The summed E-state index contributed by atoms with van der Waals surface area (Å²) < 4.78 is 1.64. The van der Waals surface area contributed by atoms with E-state index < -0.39 is 6.04 Å². The first-order valence-electron chi connectivity index (χ1n) is 5.38. The normalized spacial score (nSPS) is 12.8. The standard InChI is InChI=1S/C10H19N5O/c1-7(2)9(11)10(16)12-5-4-8-13-6-15(3)14-8/h6-7,9H,4-5,11H2,1-3H3,(H,12,16). The SMILES string of the molecule is CC(C)C(N)C(=O)NCCc1ncn(C)n1. The molecule has 0 bridgehead atoms. The van der Waals surface area contributed by atoms with Crippen molar-refractivity contribution in [1.29, 1.82) is 0 Å². The summed E-state index contributed by atoms with van der Waals surface area (Å²) in [6, 6.07) is -0.448. The highest BCUT2D eigenvalue weighted by Crippen LogP contribution is 1.97. The topological polar surface area (TPSA) is 85.8 Å². The van der Waals surface area contributed by atoms with Crippen LogP contribution in [0.1, 0.15) is 19.7 Å². The number of aryl methyl sites for hydroxylation is 1. The number of nitrogens with zero attached hydrogens (tertiary/aromatic N) is 3. The Bertz CT molecular complexity index is 347. The van der Waals surface area contributed by atoms with Gasteiger partial charge < -0.3 is 11.1 Å². The second kappa shape index (κ2) is 5.60. The predicted octanol–water partition coefficient (Wildman–Crippen LogP) is -0.543. The smallest absolute Gasteiger partial charge is 0.237 e. The van der Waals surface area contributed by atoms with E-state index in [1.54, 1.807) is 11.0 Å². The van der Waals surface area contributed by atoms with Crippen LogP contribution < -0.4 is 11.1 Å². The molecule has 0 saturated carbocycles. The van der Waals surface area contributed by atoms with Gasteiger partial charge in [-0.25, -0.2) is 4.98 Å². The highest BCUT2D eigenvalue weighted by molar-refractivity contribution is 5.81. The molecule has 1 unspecified atom stereocenters. The number of aromatic nitrogens is 3. The van der Waals surface area contributed by atoms with Gasteiger partial charge in [-0.2, -0.15) is 5.10 Å². The Hall–Kier alpha value is -1.43. The summed E-state index contributed by atoms with van der Waals surface area (Å²) in [5, 5.41) is 6.88. The van der Waals surface area contributed by atoms with E-state index in [0.717, 1.165) is 5.82 Å². The number of rotatable bonds is 5. The molecule has 0 aliphatic carbocycles. The minimum absolute atomic E-state index is 0.120. The lowest BCUT2D eigenvalue weighted by Gasteiger charge is -2.14. The van der Waals surface area contributed by atoms with Crippen LogP contribution >= 0.6 is 0 Å². The monoisotopic (exact) mass is 225 g/mol. The molecule has 0 fully saturated rings. The molecule has 0 aliphatic heterocycles. The fourth-order valence-electron chi connectivity index (χ4n) is 1.22. The molecule has 1 amide bonds. The molecule has 1 rings (SSSR count). The Labute approximate surface area is 95.2 Å². The van der Waals surface area contributed by atoms with Crippen molar-refractivity contribution in [1.82, 2.24) is 20.1 Å². The van der Waals surface area contributed by atoms with Gasteiger partial charge in [0.2, 0.25) is 5.91 Å². The summed E-state index contributed by atoms with van der Waals surface area (Å²) in [4.78, 5) is 15.6. The lowest BCUT2D eigenvalue weighted by atomic mass is 10.1. The summed E-state index contributed by atoms with van der Waals surface area (Å²) in [6.45, 7) is 4.36. The molecule has 6 nitrogen and oxygen atoms in total. The van der Waals surface area contributed by atoms with Crippen LogP contribution in [0.25, 0.3) is 0 Å². The van der Waals surface area contributed by atoms with Gasteiger partial charge in [0.25, 0.3) is 0 Å². The molecular formula is C10H19N5O.